The zero-order chi connectivity index (χ0) is 15.0. The van der Waals surface area contributed by atoms with Crippen LogP contribution in [-0.2, 0) is 10.0 Å². The van der Waals surface area contributed by atoms with Crippen LogP contribution in [0.3, 0.4) is 0 Å². The quantitative estimate of drug-likeness (QED) is 0.927. The molecule has 4 nitrogen and oxygen atoms in total. The fourth-order valence-electron chi connectivity index (χ4n) is 3.84. The lowest BCUT2D eigenvalue weighted by Gasteiger charge is -2.36. The van der Waals surface area contributed by atoms with E-state index in [4.69, 9.17) is 0 Å². The van der Waals surface area contributed by atoms with Crippen molar-refractivity contribution in [1.82, 2.24) is 4.31 Å². The molecule has 2 bridgehead atoms. The van der Waals surface area contributed by atoms with Gasteiger partial charge in [0.05, 0.1) is 11.9 Å². The van der Waals surface area contributed by atoms with Crippen LogP contribution in [0, 0.1) is 0 Å². The van der Waals surface area contributed by atoms with E-state index in [1.807, 2.05) is 37.3 Å². The minimum Gasteiger partial charge on any atom is -0.393 e. The Morgan fingerprint density at radius 3 is 2.33 bits per heavy atom. The number of hydrogen-bond donors (Lipinski definition) is 1. The second-order valence-corrected chi connectivity index (χ2v) is 8.35. The molecule has 2 aliphatic heterocycles. The normalized spacial score (nSPS) is 31.2. The van der Waals surface area contributed by atoms with Gasteiger partial charge in [0, 0.05) is 12.1 Å². The Labute approximate surface area is 126 Å². The summed E-state index contributed by atoms with van der Waals surface area (Å²) >= 11 is 0. The molecule has 3 atom stereocenters. The number of rotatable bonds is 4. The average Bonchev–Trinajstić information content (AvgIpc) is 2.73. The fourth-order valence-corrected chi connectivity index (χ4v) is 6.13. The standard InChI is InChI=1S/C16H23NO3S/c1-12(13-5-3-2-4-6-13)11-21(19,20)17-14-7-8-15(17)10-16(18)9-14/h2-6,12,14-16,18H,7-11H2,1H3. The first-order valence-corrected chi connectivity index (χ1v) is 9.32. The molecule has 0 aromatic heterocycles. The maximum Gasteiger partial charge on any atom is 0.215 e. The summed E-state index contributed by atoms with van der Waals surface area (Å²) in [6.45, 7) is 1.97. The summed E-state index contributed by atoms with van der Waals surface area (Å²) in [4.78, 5) is 0. The van der Waals surface area contributed by atoms with Gasteiger partial charge in [-0.3, -0.25) is 0 Å². The first-order chi connectivity index (χ1) is 9.97. The number of aliphatic hydroxyl groups is 1. The minimum absolute atomic E-state index is 0.00623. The number of nitrogens with zero attached hydrogens (tertiary/aromatic N) is 1. The number of fused-ring (bicyclic) bond motifs is 2. The van der Waals surface area contributed by atoms with Gasteiger partial charge in [-0.05, 0) is 37.2 Å². The van der Waals surface area contributed by atoms with Gasteiger partial charge in [-0.15, -0.1) is 0 Å². The first-order valence-electron chi connectivity index (χ1n) is 7.71. The van der Waals surface area contributed by atoms with Crippen LogP contribution in [0.1, 0.15) is 44.1 Å². The molecule has 2 fully saturated rings. The molecule has 3 unspecified atom stereocenters. The predicted octanol–water partition coefficient (Wildman–Crippen LogP) is 2.11. The molecule has 0 spiro atoms. The minimum atomic E-state index is -3.27. The summed E-state index contributed by atoms with van der Waals surface area (Å²) in [6, 6.07) is 9.80. The second-order valence-electron chi connectivity index (χ2n) is 6.43. The third-order valence-electron chi connectivity index (χ3n) is 4.79. The number of benzene rings is 1. The lowest BCUT2D eigenvalue weighted by Crippen LogP contribution is -2.49. The summed E-state index contributed by atoms with van der Waals surface area (Å²) in [5.74, 6) is 0.141. The molecule has 1 aromatic rings. The van der Waals surface area contributed by atoms with E-state index in [1.54, 1.807) is 4.31 Å². The average molecular weight is 309 g/mol. The molecule has 3 rings (SSSR count). The highest BCUT2D eigenvalue weighted by Crippen LogP contribution is 2.38. The molecule has 0 amide bonds. The van der Waals surface area contributed by atoms with Crippen molar-refractivity contribution in [2.24, 2.45) is 0 Å². The van der Waals surface area contributed by atoms with Gasteiger partial charge in [-0.2, -0.15) is 4.31 Å². The monoisotopic (exact) mass is 309 g/mol. The van der Waals surface area contributed by atoms with E-state index < -0.39 is 10.0 Å². The van der Waals surface area contributed by atoms with Crippen molar-refractivity contribution in [2.75, 3.05) is 5.75 Å². The molecular formula is C16H23NO3S. The highest BCUT2D eigenvalue weighted by atomic mass is 32.2. The van der Waals surface area contributed by atoms with Crippen LogP contribution < -0.4 is 0 Å². The zero-order valence-corrected chi connectivity index (χ0v) is 13.2. The van der Waals surface area contributed by atoms with Gasteiger partial charge in [0.15, 0.2) is 0 Å². The summed E-state index contributed by atoms with van der Waals surface area (Å²) in [5.41, 5.74) is 1.06. The summed E-state index contributed by atoms with van der Waals surface area (Å²) in [7, 11) is -3.27. The van der Waals surface area contributed by atoms with Gasteiger partial charge in [0.2, 0.25) is 10.0 Å². The molecule has 2 saturated heterocycles. The van der Waals surface area contributed by atoms with Gasteiger partial charge in [0.1, 0.15) is 0 Å². The van der Waals surface area contributed by atoms with Crippen molar-refractivity contribution in [1.29, 1.82) is 0 Å². The Morgan fingerprint density at radius 1 is 1.19 bits per heavy atom. The van der Waals surface area contributed by atoms with Crippen molar-refractivity contribution in [3.8, 4) is 0 Å². The van der Waals surface area contributed by atoms with Gasteiger partial charge in [0.25, 0.3) is 0 Å². The molecule has 0 aliphatic carbocycles. The van der Waals surface area contributed by atoms with Gasteiger partial charge >= 0.3 is 0 Å². The summed E-state index contributed by atoms with van der Waals surface area (Å²) < 4.78 is 27.3. The largest absolute Gasteiger partial charge is 0.393 e. The molecule has 0 radical (unpaired) electrons. The molecule has 1 N–H and O–H groups in total. The van der Waals surface area contributed by atoms with Gasteiger partial charge < -0.3 is 5.11 Å². The fraction of sp³-hybridized carbons (Fsp3) is 0.625. The summed E-state index contributed by atoms with van der Waals surface area (Å²) in [6.07, 6.45) is 2.63. The first kappa shape index (κ1) is 15.0. The number of hydrogen-bond acceptors (Lipinski definition) is 3. The Morgan fingerprint density at radius 2 is 1.76 bits per heavy atom. The van der Waals surface area contributed by atoms with Crippen molar-refractivity contribution in [2.45, 2.75) is 56.7 Å². The lowest BCUT2D eigenvalue weighted by molar-refractivity contribution is 0.0768. The van der Waals surface area contributed by atoms with Gasteiger partial charge in [-0.25, -0.2) is 8.42 Å². The molecule has 21 heavy (non-hydrogen) atoms. The van der Waals surface area contributed by atoms with Crippen LogP contribution in [0.4, 0.5) is 0 Å². The van der Waals surface area contributed by atoms with Crippen molar-refractivity contribution >= 4 is 10.0 Å². The van der Waals surface area contributed by atoms with Crippen LogP contribution in [0.25, 0.3) is 0 Å². The Balaban J connectivity index is 1.76. The Bertz CT molecular complexity index is 573. The Hall–Kier alpha value is -0.910. The van der Waals surface area contributed by atoms with Crippen molar-refractivity contribution in [3.63, 3.8) is 0 Å². The van der Waals surface area contributed by atoms with Crippen molar-refractivity contribution < 1.29 is 13.5 Å². The summed E-state index contributed by atoms with van der Waals surface area (Å²) in [5, 5.41) is 9.81. The van der Waals surface area contributed by atoms with E-state index in [0.717, 1.165) is 18.4 Å². The van der Waals surface area contributed by atoms with Crippen molar-refractivity contribution in [3.05, 3.63) is 35.9 Å². The lowest BCUT2D eigenvalue weighted by atomic mass is 10.0. The molecule has 0 saturated carbocycles. The molecule has 116 valence electrons. The van der Waals surface area contributed by atoms with Crippen LogP contribution >= 0.6 is 0 Å². The third-order valence-corrected chi connectivity index (χ3v) is 6.95. The SMILES string of the molecule is CC(CS(=O)(=O)N1C2CCC1CC(O)C2)c1ccccc1. The van der Waals surface area contributed by atoms with E-state index in [1.165, 1.54) is 0 Å². The maximum absolute atomic E-state index is 12.8. The predicted molar refractivity (Wildman–Crippen MR) is 82.5 cm³/mol. The van der Waals surface area contributed by atoms with Crippen LogP contribution in [0.2, 0.25) is 0 Å². The Kier molecular flexibility index (Phi) is 4.08. The molecule has 5 heteroatoms. The maximum atomic E-state index is 12.8. The molecule has 1 aromatic carbocycles. The number of aliphatic hydroxyl groups excluding tert-OH is 1. The van der Waals surface area contributed by atoms with E-state index >= 15 is 0 Å². The third kappa shape index (κ3) is 3.00. The highest BCUT2D eigenvalue weighted by molar-refractivity contribution is 7.89. The van der Waals surface area contributed by atoms with Crippen LogP contribution in [-0.4, -0.2) is 41.8 Å². The van der Waals surface area contributed by atoms with E-state index in [2.05, 4.69) is 0 Å². The molecule has 2 aliphatic rings. The highest BCUT2D eigenvalue weighted by Gasteiger charge is 2.46. The van der Waals surface area contributed by atoms with Gasteiger partial charge in [-0.1, -0.05) is 37.3 Å². The van der Waals surface area contributed by atoms with Crippen LogP contribution in [0.5, 0.6) is 0 Å². The van der Waals surface area contributed by atoms with Crippen LogP contribution in [0.15, 0.2) is 30.3 Å². The number of piperidine rings is 1. The number of sulfonamides is 1. The second kappa shape index (κ2) is 5.71. The molecule has 2 heterocycles. The van der Waals surface area contributed by atoms with E-state index in [0.29, 0.717) is 12.8 Å². The molecular weight excluding hydrogens is 286 g/mol. The van der Waals surface area contributed by atoms with E-state index in [-0.39, 0.29) is 29.9 Å². The zero-order valence-electron chi connectivity index (χ0n) is 12.4. The topological polar surface area (TPSA) is 57.6 Å². The van der Waals surface area contributed by atoms with E-state index in [9.17, 15) is 13.5 Å². The smallest absolute Gasteiger partial charge is 0.215 e.